The number of ether oxygens (including phenoxy) is 1. The zero-order valence-electron chi connectivity index (χ0n) is 15.1. The van der Waals surface area contributed by atoms with Crippen molar-refractivity contribution >= 4 is 11.8 Å². The quantitative estimate of drug-likeness (QED) is 0.624. The van der Waals surface area contributed by atoms with Crippen LogP contribution in [0.3, 0.4) is 0 Å². The van der Waals surface area contributed by atoms with Crippen LogP contribution in [0.5, 0.6) is 0 Å². The van der Waals surface area contributed by atoms with Crippen molar-refractivity contribution in [2.24, 2.45) is 5.92 Å². The number of carbonyl (C=O) groups is 1. The van der Waals surface area contributed by atoms with Gasteiger partial charge in [0.15, 0.2) is 11.5 Å². The van der Waals surface area contributed by atoms with Gasteiger partial charge in [-0.2, -0.15) is 5.26 Å². The molecule has 0 amide bonds. The lowest BCUT2D eigenvalue weighted by Crippen LogP contribution is -2.19. The fraction of sp³-hybridized carbons (Fsp3) is 0.333. The van der Waals surface area contributed by atoms with E-state index in [0.717, 1.165) is 43.4 Å². The summed E-state index contributed by atoms with van der Waals surface area (Å²) in [5.74, 6) is 0.741. The molecule has 0 spiro atoms. The second-order valence-corrected chi connectivity index (χ2v) is 6.59. The Bertz CT molecular complexity index is 833. The second kappa shape index (κ2) is 9.48. The largest absolute Gasteiger partial charge is 0.458 e. The van der Waals surface area contributed by atoms with E-state index in [1.807, 2.05) is 36.4 Å². The predicted octanol–water partition coefficient (Wildman–Crippen LogP) is 3.62. The van der Waals surface area contributed by atoms with Crippen LogP contribution in [-0.2, 0) is 16.1 Å². The van der Waals surface area contributed by atoms with Crippen LogP contribution in [0.15, 0.2) is 54.4 Å². The minimum absolute atomic E-state index is 0.274. The van der Waals surface area contributed by atoms with Crippen LogP contribution in [0.4, 0.5) is 5.82 Å². The van der Waals surface area contributed by atoms with Crippen molar-refractivity contribution in [1.29, 1.82) is 5.26 Å². The van der Waals surface area contributed by atoms with Gasteiger partial charge in [0.25, 0.3) is 0 Å². The van der Waals surface area contributed by atoms with Gasteiger partial charge in [0.2, 0.25) is 0 Å². The van der Waals surface area contributed by atoms with E-state index < -0.39 is 0 Å². The number of esters is 1. The molecule has 1 aliphatic carbocycles. The number of hydrogen-bond donors (Lipinski definition) is 1. The first kappa shape index (κ1) is 18.6. The molecule has 6 heteroatoms. The third-order valence-corrected chi connectivity index (χ3v) is 4.66. The van der Waals surface area contributed by atoms with Gasteiger partial charge in [0.05, 0.1) is 0 Å². The molecule has 1 heterocycles. The third-order valence-electron chi connectivity index (χ3n) is 4.66. The summed E-state index contributed by atoms with van der Waals surface area (Å²) in [7, 11) is 0. The fourth-order valence-corrected chi connectivity index (χ4v) is 3.12. The van der Waals surface area contributed by atoms with Gasteiger partial charge in [-0.1, -0.05) is 35.9 Å². The van der Waals surface area contributed by atoms with Crippen molar-refractivity contribution in [2.45, 2.75) is 32.3 Å². The molecular weight excluding hydrogens is 340 g/mol. The van der Waals surface area contributed by atoms with E-state index >= 15 is 0 Å². The van der Waals surface area contributed by atoms with Crippen LogP contribution in [0.2, 0.25) is 0 Å². The number of benzene rings is 1. The first-order valence-electron chi connectivity index (χ1n) is 9.09. The first-order valence-corrected chi connectivity index (χ1v) is 9.09. The van der Waals surface area contributed by atoms with Crippen molar-refractivity contribution in [3.05, 3.63) is 65.6 Å². The van der Waals surface area contributed by atoms with Gasteiger partial charge in [-0.15, -0.1) is 0 Å². The number of hydrogen-bond acceptors (Lipinski definition) is 6. The van der Waals surface area contributed by atoms with Crippen LogP contribution < -0.4 is 5.32 Å². The highest BCUT2D eigenvalue weighted by Crippen LogP contribution is 2.28. The van der Waals surface area contributed by atoms with Gasteiger partial charge >= 0.3 is 5.97 Å². The number of anilines is 1. The first-order chi connectivity index (χ1) is 13.2. The second-order valence-electron chi connectivity index (χ2n) is 6.59. The Hall–Kier alpha value is -3.20. The average molecular weight is 362 g/mol. The summed E-state index contributed by atoms with van der Waals surface area (Å²) in [5, 5.41) is 12.3. The van der Waals surface area contributed by atoms with Gasteiger partial charge in [-0.3, -0.25) is 0 Å². The van der Waals surface area contributed by atoms with E-state index in [4.69, 9.17) is 10.00 Å². The van der Waals surface area contributed by atoms with Gasteiger partial charge in [-0.25, -0.2) is 14.8 Å². The van der Waals surface area contributed by atoms with Crippen molar-refractivity contribution in [2.75, 3.05) is 11.9 Å². The molecule has 138 valence electrons. The number of nitriles is 1. The van der Waals surface area contributed by atoms with Crippen LogP contribution in [0, 0.1) is 17.2 Å². The molecule has 0 bridgehead atoms. The van der Waals surface area contributed by atoms with Gasteiger partial charge in [0, 0.05) is 25.0 Å². The Morgan fingerprint density at radius 1 is 1.22 bits per heavy atom. The van der Waals surface area contributed by atoms with Crippen LogP contribution in [-0.4, -0.2) is 22.5 Å². The van der Waals surface area contributed by atoms with E-state index in [2.05, 4.69) is 15.3 Å². The number of carbonyl (C=O) groups excluding carboxylic acids is 1. The van der Waals surface area contributed by atoms with Crippen molar-refractivity contribution in [1.82, 2.24) is 9.97 Å². The minimum atomic E-state index is -0.274. The molecule has 0 aliphatic heterocycles. The van der Waals surface area contributed by atoms with E-state index in [-0.39, 0.29) is 5.97 Å². The van der Waals surface area contributed by atoms with Gasteiger partial charge in [-0.05, 0) is 37.2 Å². The number of aromatic nitrogens is 2. The fourth-order valence-electron chi connectivity index (χ4n) is 3.12. The maximum Gasteiger partial charge on any atom is 0.331 e. The Balaban J connectivity index is 1.42. The van der Waals surface area contributed by atoms with Crippen LogP contribution in [0.25, 0.3) is 0 Å². The Morgan fingerprint density at radius 2 is 1.96 bits per heavy atom. The summed E-state index contributed by atoms with van der Waals surface area (Å²) in [6.45, 7) is 1.05. The Morgan fingerprint density at radius 3 is 2.70 bits per heavy atom. The molecule has 1 aromatic carbocycles. The highest BCUT2D eigenvalue weighted by molar-refractivity contribution is 5.82. The summed E-state index contributed by atoms with van der Waals surface area (Å²) >= 11 is 0. The van der Waals surface area contributed by atoms with Crippen molar-refractivity contribution in [3.63, 3.8) is 0 Å². The van der Waals surface area contributed by atoms with E-state index in [1.165, 1.54) is 6.20 Å². The molecule has 2 aromatic rings. The molecule has 0 saturated heterocycles. The minimum Gasteiger partial charge on any atom is -0.458 e. The summed E-state index contributed by atoms with van der Waals surface area (Å²) in [4.78, 5) is 20.2. The maximum atomic E-state index is 12.0. The molecule has 6 nitrogen and oxygen atoms in total. The number of nitrogens with one attached hydrogen (secondary N) is 1. The topological polar surface area (TPSA) is 87.9 Å². The highest BCUT2D eigenvalue weighted by atomic mass is 16.5. The van der Waals surface area contributed by atoms with Crippen LogP contribution in [0.1, 0.15) is 36.9 Å². The van der Waals surface area contributed by atoms with Crippen LogP contribution >= 0.6 is 0 Å². The molecule has 1 aliphatic rings. The maximum absolute atomic E-state index is 12.0. The summed E-state index contributed by atoms with van der Waals surface area (Å²) in [6.07, 6.45) is 8.49. The molecule has 1 N–H and O–H groups in total. The Labute approximate surface area is 158 Å². The molecule has 1 aromatic heterocycles. The number of rotatable bonds is 6. The van der Waals surface area contributed by atoms with E-state index in [1.54, 1.807) is 12.3 Å². The molecule has 0 radical (unpaired) electrons. The molecule has 0 atom stereocenters. The molecule has 1 saturated carbocycles. The average Bonchev–Trinajstić information content (AvgIpc) is 2.73. The zero-order valence-corrected chi connectivity index (χ0v) is 15.1. The lowest BCUT2D eigenvalue weighted by atomic mass is 9.85. The van der Waals surface area contributed by atoms with Gasteiger partial charge < -0.3 is 10.1 Å². The number of nitrogens with zero attached hydrogens (tertiary/aromatic N) is 3. The molecule has 27 heavy (non-hydrogen) atoms. The van der Waals surface area contributed by atoms with Gasteiger partial charge in [0.1, 0.15) is 12.7 Å². The molecule has 1 fully saturated rings. The lowest BCUT2D eigenvalue weighted by molar-refractivity contribution is -0.139. The molecular formula is C21H22N4O2. The summed E-state index contributed by atoms with van der Waals surface area (Å²) in [5.41, 5.74) is 2.44. The smallest absolute Gasteiger partial charge is 0.331 e. The summed E-state index contributed by atoms with van der Waals surface area (Å²) in [6, 6.07) is 11.7. The SMILES string of the molecule is N#Cc1nccnc1NCC1CCC(=CC(=O)OCc2ccccc2)CC1. The number of allylic oxidation sites excluding steroid dienone is 1. The monoisotopic (exact) mass is 362 g/mol. The van der Waals surface area contributed by atoms with E-state index in [9.17, 15) is 4.79 Å². The van der Waals surface area contributed by atoms with Crippen molar-refractivity contribution < 1.29 is 9.53 Å². The zero-order chi connectivity index (χ0) is 18.9. The highest BCUT2D eigenvalue weighted by Gasteiger charge is 2.18. The standard InChI is InChI=1S/C21H22N4O2/c22-13-19-21(24-11-10-23-19)25-14-17-8-6-16(7-9-17)12-20(26)27-15-18-4-2-1-3-5-18/h1-5,10-12,17H,6-9,14-15H2,(H,24,25). The molecule has 0 unspecified atom stereocenters. The van der Waals surface area contributed by atoms with E-state index in [0.29, 0.717) is 24.0 Å². The normalized spacial score (nSPS) is 16.3. The van der Waals surface area contributed by atoms with Crippen molar-refractivity contribution in [3.8, 4) is 6.07 Å². The molecule has 3 rings (SSSR count). The Kier molecular flexibility index (Phi) is 6.53. The third kappa shape index (κ3) is 5.65. The summed E-state index contributed by atoms with van der Waals surface area (Å²) < 4.78 is 5.32. The lowest BCUT2D eigenvalue weighted by Gasteiger charge is -2.24. The predicted molar refractivity (Wildman–Crippen MR) is 102 cm³/mol.